The lowest BCUT2D eigenvalue weighted by Crippen LogP contribution is -2.33. The van der Waals surface area contributed by atoms with Crippen molar-refractivity contribution in [3.63, 3.8) is 0 Å². The summed E-state index contributed by atoms with van der Waals surface area (Å²) in [6.07, 6.45) is 0.919. The zero-order chi connectivity index (χ0) is 12.8. The number of nitrogens with one attached hydrogen (secondary N) is 1. The Hall–Kier alpha value is -0.660. The lowest BCUT2D eigenvalue weighted by Gasteiger charge is -2.14. The molecule has 1 aliphatic heterocycles. The van der Waals surface area contributed by atoms with Gasteiger partial charge < -0.3 is 10.4 Å². The third-order valence-electron chi connectivity index (χ3n) is 2.33. The van der Waals surface area contributed by atoms with Crippen molar-refractivity contribution in [1.29, 1.82) is 0 Å². The molecular weight excluding hydrogens is 260 g/mol. The van der Waals surface area contributed by atoms with Gasteiger partial charge in [0.1, 0.15) is 4.32 Å². The van der Waals surface area contributed by atoms with Gasteiger partial charge in [-0.1, -0.05) is 24.0 Å². The monoisotopic (exact) mass is 276 g/mol. The van der Waals surface area contributed by atoms with E-state index in [2.05, 4.69) is 5.32 Å². The molecule has 1 saturated heterocycles. The number of hydrogen-bond acceptors (Lipinski definition) is 5. The molecule has 1 aliphatic rings. The third-order valence-corrected chi connectivity index (χ3v) is 3.82. The number of aliphatic hydroxyl groups excluding tert-OH is 1. The molecule has 0 aromatic carbocycles. The summed E-state index contributed by atoms with van der Waals surface area (Å²) in [6.45, 7) is 2.52. The highest BCUT2D eigenvalue weighted by Crippen LogP contribution is 2.26. The number of aliphatic hydroxyl groups is 1. The van der Waals surface area contributed by atoms with Gasteiger partial charge in [0.25, 0.3) is 0 Å². The van der Waals surface area contributed by atoms with E-state index in [1.165, 1.54) is 11.8 Å². The fourth-order valence-electron chi connectivity index (χ4n) is 1.46. The quantitative estimate of drug-likeness (QED) is 0.675. The maximum atomic E-state index is 11.6. The van der Waals surface area contributed by atoms with Crippen molar-refractivity contribution in [2.24, 2.45) is 0 Å². The van der Waals surface area contributed by atoms with Crippen LogP contribution < -0.4 is 5.32 Å². The van der Waals surface area contributed by atoms with Crippen molar-refractivity contribution in [2.45, 2.75) is 25.0 Å². The van der Waals surface area contributed by atoms with Crippen LogP contribution in [0, 0.1) is 0 Å². The van der Waals surface area contributed by atoms with Gasteiger partial charge in [-0.05, 0) is 13.3 Å². The zero-order valence-electron chi connectivity index (χ0n) is 9.64. The van der Waals surface area contributed by atoms with Gasteiger partial charge in [-0.2, -0.15) is 0 Å². The van der Waals surface area contributed by atoms with Gasteiger partial charge in [0, 0.05) is 19.5 Å². The summed E-state index contributed by atoms with van der Waals surface area (Å²) in [7, 11) is 0. The lowest BCUT2D eigenvalue weighted by molar-refractivity contribution is -0.126. The summed E-state index contributed by atoms with van der Waals surface area (Å²) >= 11 is 6.46. The molecule has 0 spiro atoms. The number of carbonyl (C=O) groups excluding carboxylic acids is 2. The molecule has 0 saturated carbocycles. The average molecular weight is 276 g/mol. The maximum Gasteiger partial charge on any atom is 0.241 e. The number of thiocarbonyl (C=S) groups is 1. The Balaban J connectivity index is 2.25. The van der Waals surface area contributed by atoms with Gasteiger partial charge in [-0.3, -0.25) is 14.5 Å². The summed E-state index contributed by atoms with van der Waals surface area (Å²) in [5.74, 6) is -0.0897. The van der Waals surface area contributed by atoms with Crippen LogP contribution >= 0.6 is 24.0 Å². The summed E-state index contributed by atoms with van der Waals surface area (Å²) in [6, 6.07) is 0. The second kappa shape index (κ2) is 6.93. The smallest absolute Gasteiger partial charge is 0.241 e. The molecule has 1 fully saturated rings. The van der Waals surface area contributed by atoms with E-state index in [0.717, 1.165) is 0 Å². The van der Waals surface area contributed by atoms with Crippen molar-refractivity contribution in [3.8, 4) is 0 Å². The molecule has 1 heterocycles. The molecule has 1 atom stereocenters. The van der Waals surface area contributed by atoms with Crippen molar-refractivity contribution in [2.75, 3.05) is 19.7 Å². The number of hydrogen-bond donors (Lipinski definition) is 2. The third kappa shape index (κ3) is 4.25. The van der Waals surface area contributed by atoms with Gasteiger partial charge in [0.05, 0.1) is 11.9 Å². The van der Waals surface area contributed by atoms with Crippen LogP contribution in [0.2, 0.25) is 0 Å². The van der Waals surface area contributed by atoms with E-state index in [1.54, 1.807) is 4.90 Å². The fraction of sp³-hybridized carbons (Fsp3) is 0.700. The molecule has 2 N–H and O–H groups in total. The topological polar surface area (TPSA) is 69.6 Å². The largest absolute Gasteiger partial charge is 0.395 e. The molecule has 17 heavy (non-hydrogen) atoms. The molecule has 0 bridgehead atoms. The summed E-state index contributed by atoms with van der Waals surface area (Å²) < 4.78 is 0.596. The molecule has 0 aliphatic carbocycles. The van der Waals surface area contributed by atoms with Crippen molar-refractivity contribution in [1.82, 2.24) is 10.2 Å². The lowest BCUT2D eigenvalue weighted by atomic mass is 10.2. The minimum Gasteiger partial charge on any atom is -0.395 e. The van der Waals surface area contributed by atoms with E-state index in [1.807, 2.05) is 6.92 Å². The highest BCUT2D eigenvalue weighted by Gasteiger charge is 2.33. The first-order valence-electron chi connectivity index (χ1n) is 5.46. The molecular formula is C10H16N2O3S2. The van der Waals surface area contributed by atoms with E-state index in [9.17, 15) is 9.59 Å². The molecule has 1 unspecified atom stereocenters. The van der Waals surface area contributed by atoms with Crippen LogP contribution in [0.4, 0.5) is 0 Å². The molecule has 96 valence electrons. The Bertz CT molecular complexity index is 323. The highest BCUT2D eigenvalue weighted by molar-refractivity contribution is 8.24. The van der Waals surface area contributed by atoms with Gasteiger partial charge in [0.15, 0.2) is 0 Å². The van der Waals surface area contributed by atoms with Crippen LogP contribution in [0.1, 0.15) is 19.8 Å². The van der Waals surface area contributed by atoms with Gasteiger partial charge in [-0.25, -0.2) is 0 Å². The predicted octanol–water partition coefficient (Wildman–Crippen LogP) is 0.124. The summed E-state index contributed by atoms with van der Waals surface area (Å²) in [4.78, 5) is 24.4. The zero-order valence-corrected chi connectivity index (χ0v) is 11.3. The summed E-state index contributed by atoms with van der Waals surface area (Å²) in [5.41, 5.74) is 0. The molecule has 0 aromatic heterocycles. The van der Waals surface area contributed by atoms with Crippen molar-refractivity contribution < 1.29 is 14.7 Å². The van der Waals surface area contributed by atoms with Gasteiger partial charge in [-0.15, -0.1) is 0 Å². The molecule has 7 heteroatoms. The van der Waals surface area contributed by atoms with Crippen molar-refractivity contribution >= 4 is 40.1 Å². The number of nitrogens with zero attached hydrogens (tertiary/aromatic N) is 1. The average Bonchev–Trinajstić information content (AvgIpc) is 2.53. The fourth-order valence-corrected chi connectivity index (χ4v) is 2.91. The molecule has 0 aromatic rings. The van der Waals surface area contributed by atoms with Gasteiger partial charge >= 0.3 is 0 Å². The number of amides is 2. The summed E-state index contributed by atoms with van der Waals surface area (Å²) in [5, 5.41) is 11.0. The van der Waals surface area contributed by atoms with E-state index < -0.39 is 0 Å². The molecule has 2 amide bonds. The second-order valence-corrected chi connectivity index (χ2v) is 5.67. The number of rotatable bonds is 6. The van der Waals surface area contributed by atoms with Crippen LogP contribution in [-0.4, -0.2) is 51.1 Å². The van der Waals surface area contributed by atoms with E-state index >= 15 is 0 Å². The van der Waals surface area contributed by atoms with Crippen LogP contribution in [0.3, 0.4) is 0 Å². The Morgan fingerprint density at radius 1 is 1.65 bits per heavy atom. The van der Waals surface area contributed by atoms with Crippen LogP contribution in [-0.2, 0) is 9.59 Å². The Labute approximate surface area is 110 Å². The number of carbonyl (C=O) groups is 2. The van der Waals surface area contributed by atoms with Crippen molar-refractivity contribution in [3.05, 3.63) is 0 Å². The molecule has 0 radical (unpaired) electrons. The van der Waals surface area contributed by atoms with E-state index in [4.69, 9.17) is 17.3 Å². The Kier molecular flexibility index (Phi) is 5.87. The number of thioether (sulfide) groups is 1. The minimum absolute atomic E-state index is 0.0239. The Morgan fingerprint density at radius 2 is 2.35 bits per heavy atom. The van der Waals surface area contributed by atoms with Gasteiger partial charge in [0.2, 0.25) is 11.8 Å². The Morgan fingerprint density at radius 3 is 2.88 bits per heavy atom. The first-order chi connectivity index (χ1) is 8.06. The minimum atomic E-state index is -0.114. The maximum absolute atomic E-state index is 11.6. The van der Waals surface area contributed by atoms with E-state index in [0.29, 0.717) is 23.7 Å². The molecule has 1 rings (SSSR count). The first-order valence-corrected chi connectivity index (χ1v) is 6.74. The normalized spacial score (nSPS) is 19.9. The molecule has 5 nitrogen and oxygen atoms in total. The van der Waals surface area contributed by atoms with Crippen LogP contribution in [0.5, 0.6) is 0 Å². The highest BCUT2D eigenvalue weighted by atomic mass is 32.2. The second-order valence-electron chi connectivity index (χ2n) is 3.69. The SMILES string of the molecule is CC1SC(=S)N(CCCC(=O)NCCO)C1=O. The van der Waals surface area contributed by atoms with Crippen LogP contribution in [0.15, 0.2) is 0 Å². The standard InChI is InChI=1S/C10H16N2O3S2/c1-7-9(15)12(10(16)17-7)5-2-3-8(14)11-4-6-13/h7,13H,2-6H2,1H3,(H,11,14). The van der Waals surface area contributed by atoms with Crippen LogP contribution in [0.25, 0.3) is 0 Å². The predicted molar refractivity (Wildman–Crippen MR) is 70.7 cm³/mol. The first kappa shape index (κ1) is 14.4. The van der Waals surface area contributed by atoms with E-state index in [-0.39, 0.29) is 30.2 Å².